The summed E-state index contributed by atoms with van der Waals surface area (Å²) in [5, 5.41) is 10.9. The number of aromatic nitrogens is 2. The van der Waals surface area contributed by atoms with Gasteiger partial charge in [0, 0.05) is 44.6 Å². The molecule has 1 heterocycles. The molecule has 0 saturated carbocycles. The van der Waals surface area contributed by atoms with Gasteiger partial charge in [-0.25, -0.2) is 0 Å². The molecule has 0 atom stereocenters. The first-order valence-electron chi connectivity index (χ1n) is 9.52. The highest BCUT2D eigenvalue weighted by Gasteiger charge is 2.05. The van der Waals surface area contributed by atoms with Gasteiger partial charge in [0.2, 0.25) is 0 Å². The molecule has 0 bridgehead atoms. The molecule has 0 amide bonds. The van der Waals surface area contributed by atoms with Crippen LogP contribution in [0.4, 0.5) is 0 Å². The number of hydrogen-bond donors (Lipinski definition) is 2. The van der Waals surface area contributed by atoms with E-state index in [1.54, 1.807) is 13.2 Å². The van der Waals surface area contributed by atoms with E-state index in [0.29, 0.717) is 13.2 Å². The molecule has 0 aliphatic rings. The summed E-state index contributed by atoms with van der Waals surface area (Å²) in [4.78, 5) is 4.29. The maximum Gasteiger partial charge on any atom is 0.191 e. The fourth-order valence-electron chi connectivity index (χ4n) is 2.81. The first-order valence-corrected chi connectivity index (χ1v) is 9.52. The van der Waals surface area contributed by atoms with Gasteiger partial charge in [-0.05, 0) is 24.1 Å². The van der Waals surface area contributed by atoms with Crippen LogP contribution in [0.1, 0.15) is 17.5 Å². The lowest BCUT2D eigenvalue weighted by Gasteiger charge is -2.15. The third kappa shape index (κ3) is 6.16. The zero-order valence-corrected chi connectivity index (χ0v) is 16.2. The zero-order valence-electron chi connectivity index (χ0n) is 16.2. The molecule has 0 fully saturated rings. The van der Waals surface area contributed by atoms with Crippen LogP contribution in [0.2, 0.25) is 0 Å². The van der Waals surface area contributed by atoms with Crippen LogP contribution in [-0.4, -0.2) is 29.3 Å². The van der Waals surface area contributed by atoms with Crippen molar-refractivity contribution < 1.29 is 4.74 Å². The summed E-state index contributed by atoms with van der Waals surface area (Å²) in [6, 6.07) is 20.2. The Labute approximate surface area is 166 Å². The number of para-hydroxylation sites is 1. The molecule has 0 unspecified atom stereocenters. The largest absolute Gasteiger partial charge is 0.489 e. The second-order valence-corrected chi connectivity index (χ2v) is 6.36. The van der Waals surface area contributed by atoms with Crippen LogP contribution in [0.25, 0.3) is 0 Å². The van der Waals surface area contributed by atoms with E-state index in [9.17, 15) is 0 Å². The summed E-state index contributed by atoms with van der Waals surface area (Å²) in [6.07, 6.45) is 4.74. The van der Waals surface area contributed by atoms with Crippen LogP contribution in [0.5, 0.6) is 5.75 Å². The predicted octanol–water partition coefficient (Wildman–Crippen LogP) is 3.22. The summed E-state index contributed by atoms with van der Waals surface area (Å²) >= 11 is 0. The lowest BCUT2D eigenvalue weighted by atomic mass is 10.2. The lowest BCUT2D eigenvalue weighted by molar-refractivity contribution is 0.302. The molecule has 2 N–H and O–H groups in total. The topological polar surface area (TPSA) is 63.5 Å². The van der Waals surface area contributed by atoms with E-state index < -0.39 is 0 Å². The average Bonchev–Trinajstić information content (AvgIpc) is 3.27. The van der Waals surface area contributed by atoms with Crippen molar-refractivity contribution in [1.29, 1.82) is 0 Å². The predicted molar refractivity (Wildman–Crippen MR) is 112 cm³/mol. The molecule has 146 valence electrons. The van der Waals surface area contributed by atoms with Gasteiger partial charge in [0.05, 0.1) is 0 Å². The smallest absolute Gasteiger partial charge is 0.191 e. The maximum absolute atomic E-state index is 6.02. The van der Waals surface area contributed by atoms with Gasteiger partial charge in [-0.3, -0.25) is 9.67 Å². The van der Waals surface area contributed by atoms with Crippen molar-refractivity contribution in [1.82, 2.24) is 20.4 Å². The van der Waals surface area contributed by atoms with E-state index in [1.165, 1.54) is 0 Å². The molecular weight excluding hydrogens is 350 g/mol. The number of benzene rings is 2. The first kappa shape index (κ1) is 19.5. The van der Waals surface area contributed by atoms with Crippen molar-refractivity contribution in [2.75, 3.05) is 13.6 Å². The van der Waals surface area contributed by atoms with Crippen LogP contribution < -0.4 is 15.4 Å². The molecule has 3 aromatic rings. The van der Waals surface area contributed by atoms with Crippen molar-refractivity contribution in [3.05, 3.63) is 84.2 Å². The van der Waals surface area contributed by atoms with Crippen LogP contribution in [0, 0.1) is 0 Å². The maximum atomic E-state index is 6.02. The molecule has 0 radical (unpaired) electrons. The number of aryl methyl sites for hydroxylation is 1. The Hall–Kier alpha value is -3.28. The van der Waals surface area contributed by atoms with Crippen LogP contribution in [0.3, 0.4) is 0 Å². The van der Waals surface area contributed by atoms with Gasteiger partial charge in [-0.1, -0.05) is 48.5 Å². The van der Waals surface area contributed by atoms with Gasteiger partial charge in [-0.2, -0.15) is 5.10 Å². The number of hydrogen-bond acceptors (Lipinski definition) is 3. The highest BCUT2D eigenvalue weighted by molar-refractivity contribution is 5.79. The second-order valence-electron chi connectivity index (χ2n) is 6.36. The molecule has 0 aliphatic carbocycles. The lowest BCUT2D eigenvalue weighted by Crippen LogP contribution is -2.37. The fourth-order valence-corrected chi connectivity index (χ4v) is 2.81. The molecule has 0 aliphatic heterocycles. The van der Waals surface area contributed by atoms with Crippen LogP contribution >= 0.6 is 0 Å². The van der Waals surface area contributed by atoms with E-state index in [4.69, 9.17) is 4.74 Å². The highest BCUT2D eigenvalue weighted by atomic mass is 16.5. The third-order valence-corrected chi connectivity index (χ3v) is 4.30. The number of nitrogens with one attached hydrogen (secondary N) is 2. The Balaban J connectivity index is 1.46. The Kier molecular flexibility index (Phi) is 7.49. The Bertz CT molecular complexity index is 846. The molecule has 2 aromatic carbocycles. The number of aliphatic imine (C=N–C) groups is 1. The molecule has 3 rings (SSSR count). The minimum absolute atomic E-state index is 0.554. The van der Waals surface area contributed by atoms with E-state index in [1.807, 2.05) is 53.3 Å². The van der Waals surface area contributed by atoms with E-state index in [2.05, 4.69) is 38.9 Å². The second kappa shape index (κ2) is 10.8. The van der Waals surface area contributed by atoms with Gasteiger partial charge in [-0.15, -0.1) is 0 Å². The van der Waals surface area contributed by atoms with Gasteiger partial charge in [0.1, 0.15) is 12.4 Å². The Morgan fingerprint density at radius 2 is 1.86 bits per heavy atom. The molecule has 0 saturated heterocycles. The van der Waals surface area contributed by atoms with E-state index in [0.717, 1.165) is 42.3 Å². The standard InChI is InChI=1S/C22H27N5O/c1-23-22(24-13-7-15-27-16-8-14-26-27)25-17-20-11-5-6-12-21(20)28-18-19-9-3-2-4-10-19/h2-6,8-12,14,16H,7,13,15,17-18H2,1H3,(H2,23,24,25). The molecule has 1 aromatic heterocycles. The number of guanidine groups is 1. The summed E-state index contributed by atoms with van der Waals surface area (Å²) in [7, 11) is 1.78. The summed E-state index contributed by atoms with van der Waals surface area (Å²) in [5.41, 5.74) is 2.25. The van der Waals surface area contributed by atoms with Crippen molar-refractivity contribution in [3.63, 3.8) is 0 Å². The summed E-state index contributed by atoms with van der Waals surface area (Å²) < 4.78 is 7.95. The van der Waals surface area contributed by atoms with Crippen molar-refractivity contribution in [2.24, 2.45) is 4.99 Å². The van der Waals surface area contributed by atoms with Crippen molar-refractivity contribution >= 4 is 5.96 Å². The average molecular weight is 377 g/mol. The number of rotatable bonds is 9. The van der Waals surface area contributed by atoms with E-state index >= 15 is 0 Å². The van der Waals surface area contributed by atoms with E-state index in [-0.39, 0.29) is 0 Å². The molecule has 6 heteroatoms. The zero-order chi connectivity index (χ0) is 19.4. The Morgan fingerprint density at radius 3 is 2.64 bits per heavy atom. The van der Waals surface area contributed by atoms with Gasteiger partial charge >= 0.3 is 0 Å². The molecule has 28 heavy (non-hydrogen) atoms. The minimum Gasteiger partial charge on any atom is -0.489 e. The first-order chi connectivity index (χ1) is 13.8. The van der Waals surface area contributed by atoms with Gasteiger partial charge in [0.25, 0.3) is 0 Å². The van der Waals surface area contributed by atoms with Crippen molar-refractivity contribution in [2.45, 2.75) is 26.1 Å². The quantitative estimate of drug-likeness (QED) is 0.341. The number of nitrogens with zero attached hydrogens (tertiary/aromatic N) is 3. The van der Waals surface area contributed by atoms with Gasteiger partial charge < -0.3 is 15.4 Å². The number of ether oxygens (including phenoxy) is 1. The Morgan fingerprint density at radius 1 is 1.04 bits per heavy atom. The SMILES string of the molecule is CN=C(NCCCn1cccn1)NCc1ccccc1OCc1ccccc1. The summed E-state index contributed by atoms with van der Waals surface area (Å²) in [6.45, 7) is 2.90. The monoisotopic (exact) mass is 377 g/mol. The third-order valence-electron chi connectivity index (χ3n) is 4.30. The van der Waals surface area contributed by atoms with Crippen molar-refractivity contribution in [3.8, 4) is 5.75 Å². The van der Waals surface area contributed by atoms with Crippen LogP contribution in [0.15, 0.2) is 78.0 Å². The van der Waals surface area contributed by atoms with Gasteiger partial charge in [0.15, 0.2) is 5.96 Å². The molecular formula is C22H27N5O. The molecule has 0 spiro atoms. The van der Waals surface area contributed by atoms with Crippen LogP contribution in [-0.2, 0) is 19.7 Å². The summed E-state index contributed by atoms with van der Waals surface area (Å²) in [5.74, 6) is 1.66. The fraction of sp³-hybridized carbons (Fsp3) is 0.273. The minimum atomic E-state index is 0.554. The normalized spacial score (nSPS) is 11.2. The molecule has 6 nitrogen and oxygen atoms in total. The highest BCUT2D eigenvalue weighted by Crippen LogP contribution is 2.19.